The van der Waals surface area contributed by atoms with E-state index in [0.717, 1.165) is 10.6 Å². The molecule has 4 rings (SSSR count). The molecule has 2 aromatic heterocycles. The van der Waals surface area contributed by atoms with Crippen LogP contribution in [-0.4, -0.2) is 15.2 Å². The standard InChI is InChI=1S/C18H14ClN3OS2/c19-15-9-8-14(25-15)17-16(11-5-3-4-10-20-11)21-18(24)22(17)12-6-1-2-7-13(12)23/h1-10,16-17,23H,(H,21,24)/t16-,17+/m0/s1. The van der Waals surface area contributed by atoms with Crippen molar-refractivity contribution in [1.82, 2.24) is 10.3 Å². The van der Waals surface area contributed by atoms with Crippen LogP contribution < -0.4 is 10.2 Å². The number of hydrogen-bond donors (Lipinski definition) is 2. The number of thiophene rings is 1. The van der Waals surface area contributed by atoms with Crippen LogP contribution in [0.1, 0.15) is 22.7 Å². The van der Waals surface area contributed by atoms with Crippen molar-refractivity contribution in [3.05, 3.63) is 75.7 Å². The van der Waals surface area contributed by atoms with Crippen LogP contribution in [-0.2, 0) is 0 Å². The molecule has 1 saturated heterocycles. The van der Waals surface area contributed by atoms with Gasteiger partial charge in [-0.2, -0.15) is 0 Å². The Kier molecular flexibility index (Phi) is 4.33. The number of aromatic hydroxyl groups is 1. The first kappa shape index (κ1) is 16.3. The third-order valence-corrected chi connectivity index (χ3v) is 5.74. The average molecular weight is 388 g/mol. The second-order valence-electron chi connectivity index (χ2n) is 5.63. The van der Waals surface area contributed by atoms with Crippen molar-refractivity contribution in [2.45, 2.75) is 12.1 Å². The van der Waals surface area contributed by atoms with Gasteiger partial charge in [-0.3, -0.25) is 4.98 Å². The first-order valence-electron chi connectivity index (χ1n) is 7.69. The van der Waals surface area contributed by atoms with E-state index in [-0.39, 0.29) is 17.8 Å². The van der Waals surface area contributed by atoms with E-state index in [2.05, 4.69) is 10.3 Å². The normalized spacial score (nSPS) is 19.9. The Morgan fingerprint density at radius 2 is 1.92 bits per heavy atom. The number of phenolic OH excluding ortho intramolecular Hbond substituents is 1. The molecule has 126 valence electrons. The van der Waals surface area contributed by atoms with Gasteiger partial charge in [-0.1, -0.05) is 29.8 Å². The quantitative estimate of drug-likeness (QED) is 0.639. The lowest BCUT2D eigenvalue weighted by atomic mass is 10.0. The van der Waals surface area contributed by atoms with Gasteiger partial charge in [-0.15, -0.1) is 11.3 Å². The fourth-order valence-corrected chi connectivity index (χ4v) is 4.59. The molecular weight excluding hydrogens is 374 g/mol. The molecule has 2 atom stereocenters. The van der Waals surface area contributed by atoms with Crippen LogP contribution in [0.15, 0.2) is 60.8 Å². The summed E-state index contributed by atoms with van der Waals surface area (Å²) in [5.41, 5.74) is 1.55. The first-order chi connectivity index (χ1) is 12.1. The smallest absolute Gasteiger partial charge is 0.174 e. The topological polar surface area (TPSA) is 48.4 Å². The molecule has 4 nitrogen and oxygen atoms in total. The summed E-state index contributed by atoms with van der Waals surface area (Å²) in [6, 6.07) is 16.6. The van der Waals surface area contributed by atoms with Gasteiger partial charge in [0.1, 0.15) is 5.75 Å². The molecule has 0 saturated carbocycles. The second kappa shape index (κ2) is 6.63. The molecule has 25 heavy (non-hydrogen) atoms. The van der Waals surface area contributed by atoms with Gasteiger partial charge in [0.15, 0.2) is 5.11 Å². The largest absolute Gasteiger partial charge is 0.506 e. The van der Waals surface area contributed by atoms with Crippen LogP contribution >= 0.6 is 35.2 Å². The lowest BCUT2D eigenvalue weighted by Crippen LogP contribution is -2.29. The molecule has 2 N–H and O–H groups in total. The zero-order chi connectivity index (χ0) is 17.4. The predicted molar refractivity (Wildman–Crippen MR) is 105 cm³/mol. The van der Waals surface area contributed by atoms with E-state index in [1.807, 2.05) is 47.4 Å². The van der Waals surface area contributed by atoms with Crippen LogP contribution in [0.3, 0.4) is 0 Å². The van der Waals surface area contributed by atoms with E-state index in [4.69, 9.17) is 23.8 Å². The maximum Gasteiger partial charge on any atom is 0.174 e. The van der Waals surface area contributed by atoms with E-state index in [1.54, 1.807) is 18.3 Å². The van der Waals surface area contributed by atoms with Crippen LogP contribution in [0.2, 0.25) is 4.34 Å². The molecule has 0 unspecified atom stereocenters. The number of benzene rings is 1. The van der Waals surface area contributed by atoms with E-state index in [0.29, 0.717) is 15.1 Å². The van der Waals surface area contributed by atoms with E-state index < -0.39 is 0 Å². The summed E-state index contributed by atoms with van der Waals surface area (Å²) in [6.45, 7) is 0. The monoisotopic (exact) mass is 387 g/mol. The third kappa shape index (κ3) is 2.97. The Bertz CT molecular complexity index is 915. The van der Waals surface area contributed by atoms with Crippen LogP contribution in [0.5, 0.6) is 5.75 Å². The highest BCUT2D eigenvalue weighted by molar-refractivity contribution is 7.80. The molecule has 0 bridgehead atoms. The van der Waals surface area contributed by atoms with Gasteiger partial charge in [0.05, 0.1) is 27.8 Å². The SMILES string of the molecule is Oc1ccccc1N1C(=S)N[C@@H](c2ccccn2)[C@H]1c1ccc(Cl)s1. The number of pyridine rings is 1. The number of aromatic nitrogens is 1. The summed E-state index contributed by atoms with van der Waals surface area (Å²) in [5.74, 6) is 0.181. The number of anilines is 1. The van der Waals surface area contributed by atoms with Gasteiger partial charge in [-0.05, 0) is 48.6 Å². The Hall–Kier alpha value is -2.15. The number of halogens is 1. The van der Waals surface area contributed by atoms with Crippen molar-refractivity contribution in [1.29, 1.82) is 0 Å². The average Bonchev–Trinajstić information content (AvgIpc) is 3.19. The van der Waals surface area contributed by atoms with Crippen LogP contribution in [0, 0.1) is 0 Å². The second-order valence-corrected chi connectivity index (χ2v) is 7.76. The van der Waals surface area contributed by atoms with Gasteiger partial charge in [0.2, 0.25) is 0 Å². The number of phenols is 1. The summed E-state index contributed by atoms with van der Waals surface area (Å²) >= 11 is 13.3. The Labute approximate surface area is 159 Å². The molecular formula is C18H14ClN3OS2. The molecule has 0 aliphatic carbocycles. The molecule has 3 heterocycles. The van der Waals surface area contributed by atoms with Gasteiger partial charge < -0.3 is 15.3 Å². The molecule has 1 aliphatic heterocycles. The van der Waals surface area contributed by atoms with Crippen molar-refractivity contribution in [3.63, 3.8) is 0 Å². The maximum atomic E-state index is 10.3. The zero-order valence-corrected chi connectivity index (χ0v) is 15.4. The highest BCUT2D eigenvalue weighted by Gasteiger charge is 2.42. The van der Waals surface area contributed by atoms with E-state index >= 15 is 0 Å². The molecule has 1 fully saturated rings. The summed E-state index contributed by atoms with van der Waals surface area (Å²) in [6.07, 6.45) is 1.77. The molecule has 0 amide bonds. The van der Waals surface area contributed by atoms with Crippen molar-refractivity contribution in [3.8, 4) is 5.75 Å². The van der Waals surface area contributed by atoms with Gasteiger partial charge in [0, 0.05) is 11.1 Å². The number of hydrogen-bond acceptors (Lipinski definition) is 4. The Morgan fingerprint density at radius 3 is 2.60 bits per heavy atom. The van der Waals surface area contributed by atoms with Crippen molar-refractivity contribution in [2.24, 2.45) is 0 Å². The molecule has 0 radical (unpaired) electrons. The van der Waals surface area contributed by atoms with Gasteiger partial charge >= 0.3 is 0 Å². The minimum atomic E-state index is -0.145. The molecule has 1 aromatic carbocycles. The third-order valence-electron chi connectivity index (χ3n) is 4.12. The van der Waals surface area contributed by atoms with Gasteiger partial charge in [0.25, 0.3) is 0 Å². The molecule has 1 aliphatic rings. The number of nitrogens with zero attached hydrogens (tertiary/aromatic N) is 2. The van der Waals surface area contributed by atoms with Crippen molar-refractivity contribution in [2.75, 3.05) is 4.90 Å². The van der Waals surface area contributed by atoms with Crippen LogP contribution in [0.4, 0.5) is 5.69 Å². The lowest BCUT2D eigenvalue weighted by molar-refractivity contribution is 0.473. The minimum absolute atomic E-state index is 0.136. The summed E-state index contributed by atoms with van der Waals surface area (Å²) in [5, 5.41) is 14.2. The van der Waals surface area contributed by atoms with Crippen LogP contribution in [0.25, 0.3) is 0 Å². The van der Waals surface area contributed by atoms with E-state index in [1.165, 1.54) is 11.3 Å². The first-order valence-corrected chi connectivity index (χ1v) is 9.29. The van der Waals surface area contributed by atoms with Crippen molar-refractivity contribution >= 4 is 46.0 Å². The van der Waals surface area contributed by atoms with E-state index in [9.17, 15) is 5.11 Å². The van der Waals surface area contributed by atoms with Gasteiger partial charge in [-0.25, -0.2) is 0 Å². The molecule has 7 heteroatoms. The highest BCUT2D eigenvalue weighted by Crippen LogP contribution is 2.46. The Morgan fingerprint density at radius 1 is 1.12 bits per heavy atom. The van der Waals surface area contributed by atoms with Crippen molar-refractivity contribution < 1.29 is 5.11 Å². The summed E-state index contributed by atoms with van der Waals surface area (Å²) in [7, 11) is 0. The fraction of sp³-hybridized carbons (Fsp3) is 0.111. The summed E-state index contributed by atoms with van der Waals surface area (Å²) in [4.78, 5) is 7.48. The predicted octanol–water partition coefficient (Wildman–Crippen LogP) is 4.68. The number of rotatable bonds is 3. The lowest BCUT2D eigenvalue weighted by Gasteiger charge is -2.27. The number of para-hydroxylation sites is 2. The summed E-state index contributed by atoms with van der Waals surface area (Å²) < 4.78 is 0.713. The zero-order valence-electron chi connectivity index (χ0n) is 13.0. The Balaban J connectivity index is 1.85. The fourth-order valence-electron chi connectivity index (χ4n) is 3.06. The number of thiocarbonyl (C=S) groups is 1. The molecule has 0 spiro atoms. The molecule has 3 aromatic rings. The number of nitrogens with one attached hydrogen (secondary N) is 1. The highest BCUT2D eigenvalue weighted by atomic mass is 35.5. The minimum Gasteiger partial charge on any atom is -0.506 e. The maximum absolute atomic E-state index is 10.3.